The first-order valence-corrected chi connectivity index (χ1v) is 6.40. The molecule has 0 bridgehead atoms. The lowest BCUT2D eigenvalue weighted by molar-refractivity contribution is 0.1000. The van der Waals surface area contributed by atoms with E-state index in [1.54, 1.807) is 0 Å². The van der Waals surface area contributed by atoms with Crippen molar-refractivity contribution in [3.8, 4) is 0 Å². The third kappa shape index (κ3) is 2.48. The Bertz CT molecular complexity index is 458. The van der Waals surface area contributed by atoms with Crippen LogP contribution in [0.2, 0.25) is 0 Å². The molecule has 98 valence electrons. The lowest BCUT2D eigenvalue weighted by Gasteiger charge is -2.36. The second kappa shape index (κ2) is 4.98. The maximum absolute atomic E-state index is 11.2. The largest absolute Gasteiger partial charge is 0.371 e. The topological polar surface area (TPSA) is 72.3 Å². The number of carbonyl (C=O) groups is 1. The van der Waals surface area contributed by atoms with E-state index >= 15 is 0 Å². The number of amides is 1. The van der Waals surface area contributed by atoms with E-state index in [9.17, 15) is 4.79 Å². The van der Waals surface area contributed by atoms with E-state index in [0.29, 0.717) is 17.5 Å². The van der Waals surface area contributed by atoms with Crippen LogP contribution in [-0.2, 0) is 0 Å². The van der Waals surface area contributed by atoms with Crippen molar-refractivity contribution in [3.05, 3.63) is 29.3 Å². The van der Waals surface area contributed by atoms with Crippen LogP contribution in [0.15, 0.2) is 18.2 Å². The first-order valence-electron chi connectivity index (χ1n) is 6.40. The molecule has 1 heterocycles. The molecule has 0 saturated carbocycles. The first kappa shape index (κ1) is 12.9. The SMILES string of the molecule is Cc1cc(N2CCC(N)C(C)C2)ccc1C(N)=O. The Labute approximate surface area is 108 Å². The lowest BCUT2D eigenvalue weighted by atomic mass is 9.94. The average Bonchev–Trinajstić information content (AvgIpc) is 2.32. The Kier molecular flexibility index (Phi) is 3.57. The number of rotatable bonds is 2. The van der Waals surface area contributed by atoms with Crippen molar-refractivity contribution in [2.24, 2.45) is 17.4 Å². The number of primary amides is 1. The highest BCUT2D eigenvalue weighted by Crippen LogP contribution is 2.24. The molecule has 4 nitrogen and oxygen atoms in total. The number of aryl methyl sites for hydroxylation is 1. The predicted molar refractivity (Wildman–Crippen MR) is 73.7 cm³/mol. The van der Waals surface area contributed by atoms with Crippen LogP contribution in [0.3, 0.4) is 0 Å². The first-order chi connectivity index (χ1) is 8.49. The summed E-state index contributed by atoms with van der Waals surface area (Å²) in [5, 5.41) is 0. The molecular formula is C14H21N3O. The van der Waals surface area contributed by atoms with Gasteiger partial charge in [-0.3, -0.25) is 4.79 Å². The molecule has 2 atom stereocenters. The second-order valence-corrected chi connectivity index (χ2v) is 5.24. The molecule has 0 radical (unpaired) electrons. The van der Waals surface area contributed by atoms with Crippen molar-refractivity contribution in [2.45, 2.75) is 26.3 Å². The molecule has 1 saturated heterocycles. The number of benzene rings is 1. The predicted octanol–water partition coefficient (Wildman–Crippen LogP) is 1.27. The zero-order chi connectivity index (χ0) is 13.3. The molecule has 1 aromatic rings. The summed E-state index contributed by atoms with van der Waals surface area (Å²) < 4.78 is 0. The summed E-state index contributed by atoms with van der Waals surface area (Å²) >= 11 is 0. The monoisotopic (exact) mass is 247 g/mol. The van der Waals surface area contributed by atoms with Crippen molar-refractivity contribution in [3.63, 3.8) is 0 Å². The molecule has 0 aromatic heterocycles. The van der Waals surface area contributed by atoms with Gasteiger partial charge in [-0.2, -0.15) is 0 Å². The van der Waals surface area contributed by atoms with Crippen molar-refractivity contribution < 1.29 is 4.79 Å². The van der Waals surface area contributed by atoms with Gasteiger partial charge < -0.3 is 16.4 Å². The molecule has 1 aliphatic rings. The fraction of sp³-hybridized carbons (Fsp3) is 0.500. The van der Waals surface area contributed by atoms with Crippen molar-refractivity contribution in [1.29, 1.82) is 0 Å². The van der Waals surface area contributed by atoms with Crippen molar-refractivity contribution in [1.82, 2.24) is 0 Å². The van der Waals surface area contributed by atoms with Gasteiger partial charge in [-0.25, -0.2) is 0 Å². The number of piperidine rings is 1. The van der Waals surface area contributed by atoms with Gasteiger partial charge >= 0.3 is 0 Å². The molecule has 4 heteroatoms. The summed E-state index contributed by atoms with van der Waals surface area (Å²) in [6.45, 7) is 6.04. The summed E-state index contributed by atoms with van der Waals surface area (Å²) in [4.78, 5) is 13.5. The molecule has 1 aromatic carbocycles. The van der Waals surface area contributed by atoms with Gasteiger partial charge in [0.25, 0.3) is 0 Å². The number of hydrogen-bond acceptors (Lipinski definition) is 3. The molecule has 2 rings (SSSR count). The van der Waals surface area contributed by atoms with Crippen LogP contribution in [0, 0.1) is 12.8 Å². The van der Waals surface area contributed by atoms with E-state index in [1.807, 2.05) is 25.1 Å². The number of anilines is 1. The Morgan fingerprint density at radius 1 is 1.44 bits per heavy atom. The molecular weight excluding hydrogens is 226 g/mol. The summed E-state index contributed by atoms with van der Waals surface area (Å²) in [7, 11) is 0. The van der Waals surface area contributed by atoms with Gasteiger partial charge in [-0.15, -0.1) is 0 Å². The van der Waals surface area contributed by atoms with Crippen LogP contribution in [0.1, 0.15) is 29.3 Å². The third-order valence-electron chi connectivity index (χ3n) is 3.81. The summed E-state index contributed by atoms with van der Waals surface area (Å²) in [5.74, 6) is 0.128. The van der Waals surface area contributed by atoms with Crippen molar-refractivity contribution >= 4 is 11.6 Å². The van der Waals surface area contributed by atoms with E-state index in [4.69, 9.17) is 11.5 Å². The van der Waals surface area contributed by atoms with Gasteiger partial charge in [-0.05, 0) is 43.0 Å². The molecule has 4 N–H and O–H groups in total. The fourth-order valence-electron chi connectivity index (χ4n) is 2.52. The lowest BCUT2D eigenvalue weighted by Crippen LogP contribution is -2.46. The Morgan fingerprint density at radius 3 is 2.72 bits per heavy atom. The minimum Gasteiger partial charge on any atom is -0.371 e. The zero-order valence-corrected chi connectivity index (χ0v) is 11.0. The van der Waals surface area contributed by atoms with Gasteiger partial charge in [-0.1, -0.05) is 6.92 Å². The van der Waals surface area contributed by atoms with E-state index in [2.05, 4.69) is 11.8 Å². The van der Waals surface area contributed by atoms with Gasteiger partial charge in [0, 0.05) is 30.4 Å². The quantitative estimate of drug-likeness (QED) is 0.826. The molecule has 1 fully saturated rings. The summed E-state index contributed by atoms with van der Waals surface area (Å²) in [6.07, 6.45) is 1.01. The number of nitrogens with two attached hydrogens (primary N) is 2. The highest BCUT2D eigenvalue weighted by Gasteiger charge is 2.23. The third-order valence-corrected chi connectivity index (χ3v) is 3.81. The highest BCUT2D eigenvalue weighted by molar-refractivity contribution is 5.94. The smallest absolute Gasteiger partial charge is 0.248 e. The van der Waals surface area contributed by atoms with Crippen LogP contribution in [0.4, 0.5) is 5.69 Å². The van der Waals surface area contributed by atoms with Gasteiger partial charge in [0.15, 0.2) is 0 Å². The van der Waals surface area contributed by atoms with Crippen LogP contribution in [0.5, 0.6) is 0 Å². The Hall–Kier alpha value is -1.55. The molecule has 0 spiro atoms. The fourth-order valence-corrected chi connectivity index (χ4v) is 2.52. The van der Waals surface area contributed by atoms with Crippen molar-refractivity contribution in [2.75, 3.05) is 18.0 Å². The second-order valence-electron chi connectivity index (χ2n) is 5.24. The molecule has 2 unspecified atom stereocenters. The molecule has 1 aliphatic heterocycles. The van der Waals surface area contributed by atoms with Gasteiger partial charge in [0.2, 0.25) is 5.91 Å². The Balaban J connectivity index is 2.19. The zero-order valence-electron chi connectivity index (χ0n) is 11.0. The minimum atomic E-state index is -0.368. The van der Waals surface area contributed by atoms with E-state index in [-0.39, 0.29) is 5.91 Å². The minimum absolute atomic E-state index is 0.298. The van der Waals surface area contributed by atoms with E-state index < -0.39 is 0 Å². The van der Waals surface area contributed by atoms with Crippen LogP contribution in [-0.4, -0.2) is 25.0 Å². The highest BCUT2D eigenvalue weighted by atomic mass is 16.1. The van der Waals surface area contributed by atoms with E-state index in [1.165, 1.54) is 0 Å². The molecule has 18 heavy (non-hydrogen) atoms. The number of carbonyl (C=O) groups excluding carboxylic acids is 1. The van der Waals surface area contributed by atoms with Crippen LogP contribution >= 0.6 is 0 Å². The van der Waals surface area contributed by atoms with Crippen LogP contribution in [0.25, 0.3) is 0 Å². The summed E-state index contributed by atoms with van der Waals surface area (Å²) in [5.41, 5.74) is 14.0. The van der Waals surface area contributed by atoms with Gasteiger partial charge in [0.1, 0.15) is 0 Å². The maximum atomic E-state index is 11.2. The molecule has 1 amide bonds. The number of nitrogens with zero attached hydrogens (tertiary/aromatic N) is 1. The molecule has 0 aliphatic carbocycles. The van der Waals surface area contributed by atoms with Gasteiger partial charge in [0.05, 0.1) is 0 Å². The Morgan fingerprint density at radius 2 is 2.17 bits per heavy atom. The van der Waals surface area contributed by atoms with Crippen LogP contribution < -0.4 is 16.4 Å². The number of hydrogen-bond donors (Lipinski definition) is 2. The normalized spacial score (nSPS) is 24.1. The average molecular weight is 247 g/mol. The standard InChI is InChI=1S/C14H21N3O/c1-9-7-11(3-4-12(9)14(16)18)17-6-5-13(15)10(2)8-17/h3-4,7,10,13H,5-6,8,15H2,1-2H3,(H2,16,18). The maximum Gasteiger partial charge on any atom is 0.248 e. The summed E-state index contributed by atoms with van der Waals surface area (Å²) in [6, 6.07) is 6.11. The van der Waals surface area contributed by atoms with E-state index in [0.717, 1.165) is 30.8 Å².